The number of halogens is 1. The summed E-state index contributed by atoms with van der Waals surface area (Å²) in [6, 6.07) is 23.7. The van der Waals surface area contributed by atoms with Crippen molar-refractivity contribution in [1.82, 2.24) is 5.32 Å². The number of hydrogen-bond donors (Lipinski definition) is 5. The average Bonchev–Trinajstić information content (AvgIpc) is 3.05. The largest absolute Gasteiger partial charge is 0.508 e. The Balaban J connectivity index is 1.54. The third kappa shape index (κ3) is 8.90. The number of hydrogen-bond acceptors (Lipinski definition) is 7. The first-order chi connectivity index (χ1) is 22.1. The Morgan fingerprint density at radius 1 is 0.913 bits per heavy atom. The van der Waals surface area contributed by atoms with Crippen LogP contribution in [0.5, 0.6) is 11.5 Å². The summed E-state index contributed by atoms with van der Waals surface area (Å²) in [6.07, 6.45) is 1.88. The van der Waals surface area contributed by atoms with E-state index in [1.807, 2.05) is 6.92 Å². The van der Waals surface area contributed by atoms with Gasteiger partial charge in [-0.15, -0.1) is 11.8 Å². The first kappa shape index (κ1) is 33.6. The van der Waals surface area contributed by atoms with Crippen LogP contribution < -0.4 is 20.7 Å². The van der Waals surface area contributed by atoms with Crippen LogP contribution in [-0.4, -0.2) is 46.3 Å². The molecular weight excluding hydrogens is 630 g/mol. The summed E-state index contributed by atoms with van der Waals surface area (Å²) in [4.78, 5) is 51.7. The lowest BCUT2D eigenvalue weighted by molar-refractivity contribution is -0.116. The van der Waals surface area contributed by atoms with Crippen molar-refractivity contribution in [3.05, 3.63) is 118 Å². The predicted molar refractivity (Wildman–Crippen MR) is 179 cm³/mol. The molecule has 12 heteroatoms. The molecule has 4 aromatic carbocycles. The van der Waals surface area contributed by atoms with E-state index in [1.54, 1.807) is 60.7 Å². The van der Waals surface area contributed by atoms with Crippen LogP contribution >= 0.6 is 23.4 Å². The normalized spacial score (nSPS) is 11.7. The molecule has 0 saturated carbocycles. The number of aromatic carboxylic acids is 1. The maximum Gasteiger partial charge on any atom is 0.335 e. The van der Waals surface area contributed by atoms with Gasteiger partial charge >= 0.3 is 5.97 Å². The summed E-state index contributed by atoms with van der Waals surface area (Å²) < 4.78 is 5.34. The zero-order chi connectivity index (χ0) is 33.2. The van der Waals surface area contributed by atoms with Crippen molar-refractivity contribution in [1.29, 1.82) is 0 Å². The molecule has 0 spiro atoms. The molecule has 0 saturated heterocycles. The molecule has 0 heterocycles. The van der Waals surface area contributed by atoms with Crippen LogP contribution in [0, 0.1) is 0 Å². The van der Waals surface area contributed by atoms with Gasteiger partial charge in [-0.05, 0) is 73.2 Å². The molecule has 0 aliphatic carbocycles. The van der Waals surface area contributed by atoms with Crippen LogP contribution in [0.4, 0.5) is 11.4 Å². The van der Waals surface area contributed by atoms with Crippen molar-refractivity contribution in [3.63, 3.8) is 0 Å². The van der Waals surface area contributed by atoms with E-state index < -0.39 is 23.0 Å². The van der Waals surface area contributed by atoms with E-state index in [1.165, 1.54) is 55.3 Å². The Morgan fingerprint density at radius 2 is 1.67 bits per heavy atom. The molecule has 4 aromatic rings. The number of benzene rings is 4. The number of methoxy groups -OCH3 is 1. The van der Waals surface area contributed by atoms with Gasteiger partial charge < -0.3 is 30.9 Å². The Kier molecular flexibility index (Phi) is 11.4. The smallest absolute Gasteiger partial charge is 0.335 e. The molecule has 5 N–H and O–H groups in total. The fourth-order valence-electron chi connectivity index (χ4n) is 4.22. The molecule has 0 aliphatic rings. The van der Waals surface area contributed by atoms with E-state index in [4.69, 9.17) is 16.3 Å². The Hall–Kier alpha value is -5.26. The number of aromatic hydroxyl groups is 1. The van der Waals surface area contributed by atoms with E-state index in [0.717, 1.165) is 0 Å². The van der Waals surface area contributed by atoms with Gasteiger partial charge in [0.05, 0.1) is 28.6 Å². The number of rotatable bonds is 12. The van der Waals surface area contributed by atoms with Gasteiger partial charge in [-0.25, -0.2) is 4.79 Å². The van der Waals surface area contributed by atoms with E-state index >= 15 is 0 Å². The lowest BCUT2D eigenvalue weighted by atomic mass is 10.1. The van der Waals surface area contributed by atoms with Crippen molar-refractivity contribution in [2.75, 3.05) is 17.7 Å². The highest BCUT2D eigenvalue weighted by molar-refractivity contribution is 8.00. The Labute approximate surface area is 274 Å². The summed E-state index contributed by atoms with van der Waals surface area (Å²) >= 11 is 7.44. The number of phenols is 1. The highest BCUT2D eigenvalue weighted by Crippen LogP contribution is 2.31. The summed E-state index contributed by atoms with van der Waals surface area (Å²) in [5.41, 5.74) is 1.28. The number of carbonyl (C=O) groups excluding carboxylic acids is 3. The van der Waals surface area contributed by atoms with Gasteiger partial charge in [-0.3, -0.25) is 14.4 Å². The molecule has 46 heavy (non-hydrogen) atoms. The van der Waals surface area contributed by atoms with Crippen molar-refractivity contribution >= 4 is 64.5 Å². The van der Waals surface area contributed by atoms with Gasteiger partial charge in [0.1, 0.15) is 17.2 Å². The summed E-state index contributed by atoms with van der Waals surface area (Å²) in [7, 11) is 1.42. The monoisotopic (exact) mass is 659 g/mol. The van der Waals surface area contributed by atoms with Crippen LogP contribution in [-0.2, 0) is 9.59 Å². The van der Waals surface area contributed by atoms with Gasteiger partial charge in [0.2, 0.25) is 5.91 Å². The molecule has 10 nitrogen and oxygen atoms in total. The minimum Gasteiger partial charge on any atom is -0.508 e. The second-order valence-corrected chi connectivity index (χ2v) is 11.5. The Morgan fingerprint density at radius 3 is 2.37 bits per heavy atom. The van der Waals surface area contributed by atoms with Gasteiger partial charge in [0, 0.05) is 27.8 Å². The van der Waals surface area contributed by atoms with Gasteiger partial charge in [0.25, 0.3) is 11.8 Å². The SMILES string of the molecule is CCC(Sc1cccc(NC(=O)/C(=C\c2ccc(O)cc2OC)NC(=O)c2ccccc2)c1)C(=O)Nc1cc(C(=O)O)ccc1Cl. The first-order valence-electron chi connectivity index (χ1n) is 13.9. The van der Waals surface area contributed by atoms with Crippen LogP contribution in [0.3, 0.4) is 0 Å². The fourth-order valence-corrected chi connectivity index (χ4v) is 5.39. The van der Waals surface area contributed by atoms with Crippen molar-refractivity contribution in [2.45, 2.75) is 23.5 Å². The number of anilines is 2. The van der Waals surface area contributed by atoms with E-state index in [9.17, 15) is 29.4 Å². The molecule has 1 unspecified atom stereocenters. The van der Waals surface area contributed by atoms with Gasteiger partial charge in [-0.1, -0.05) is 42.8 Å². The highest BCUT2D eigenvalue weighted by atomic mass is 35.5. The highest BCUT2D eigenvalue weighted by Gasteiger charge is 2.21. The van der Waals surface area contributed by atoms with Crippen LogP contribution in [0.2, 0.25) is 5.02 Å². The number of nitrogens with one attached hydrogen (secondary N) is 3. The molecule has 0 aliphatic heterocycles. The number of phenolic OH excluding ortho intramolecular Hbond substituents is 1. The number of ether oxygens (including phenoxy) is 1. The number of carboxylic acids is 1. The van der Waals surface area contributed by atoms with Crippen molar-refractivity contribution in [2.24, 2.45) is 0 Å². The van der Waals surface area contributed by atoms with Gasteiger partial charge in [-0.2, -0.15) is 0 Å². The van der Waals surface area contributed by atoms with E-state index in [0.29, 0.717) is 28.1 Å². The molecule has 3 amide bonds. The minimum absolute atomic E-state index is 0.0129. The number of thioether (sulfide) groups is 1. The second kappa shape index (κ2) is 15.6. The van der Waals surface area contributed by atoms with Crippen LogP contribution in [0.25, 0.3) is 6.08 Å². The molecule has 0 bridgehead atoms. The molecule has 0 radical (unpaired) electrons. The molecule has 0 aromatic heterocycles. The zero-order valence-corrected chi connectivity index (χ0v) is 26.3. The van der Waals surface area contributed by atoms with Crippen molar-refractivity contribution in [3.8, 4) is 11.5 Å². The lowest BCUT2D eigenvalue weighted by Gasteiger charge is -2.17. The van der Waals surface area contributed by atoms with E-state index in [2.05, 4.69) is 16.0 Å². The molecule has 0 fully saturated rings. The molecule has 236 valence electrons. The molecule has 1 atom stereocenters. The average molecular weight is 660 g/mol. The summed E-state index contributed by atoms with van der Waals surface area (Å²) in [5, 5.41) is 26.9. The molecular formula is C34H30ClN3O7S. The molecule has 4 rings (SSSR count). The lowest BCUT2D eigenvalue weighted by Crippen LogP contribution is -2.30. The summed E-state index contributed by atoms with van der Waals surface area (Å²) in [6.45, 7) is 1.84. The number of carbonyl (C=O) groups is 4. The van der Waals surface area contributed by atoms with Gasteiger partial charge in [0.15, 0.2) is 0 Å². The van der Waals surface area contributed by atoms with E-state index in [-0.39, 0.29) is 39.4 Å². The third-order valence-corrected chi connectivity index (χ3v) is 8.24. The van der Waals surface area contributed by atoms with Crippen LogP contribution in [0.15, 0.2) is 102 Å². The number of amides is 3. The Bertz CT molecular complexity index is 1800. The summed E-state index contributed by atoms with van der Waals surface area (Å²) in [5.74, 6) is -2.39. The second-order valence-electron chi connectivity index (χ2n) is 9.79. The minimum atomic E-state index is -1.15. The topological polar surface area (TPSA) is 154 Å². The standard InChI is InChI=1S/C34H30ClN3O7S/c1-3-30(33(42)37-27-17-22(34(43)44)13-15-26(27)35)46-25-11-7-10-23(18-25)36-32(41)28(38-31(40)20-8-5-4-6-9-20)16-21-12-14-24(39)19-29(21)45-2/h4-19,30,39H,3H2,1-2H3,(H,36,41)(H,37,42)(H,38,40)(H,43,44)/b28-16+. The zero-order valence-electron chi connectivity index (χ0n) is 24.7. The third-order valence-electron chi connectivity index (χ3n) is 6.55. The number of carboxylic acid groups (broad SMARTS) is 1. The fraction of sp³-hybridized carbons (Fsp3) is 0.118. The van der Waals surface area contributed by atoms with Crippen LogP contribution in [0.1, 0.15) is 39.6 Å². The quantitative estimate of drug-likeness (QED) is 0.0835. The predicted octanol–water partition coefficient (Wildman–Crippen LogP) is 6.67. The maximum absolute atomic E-state index is 13.5. The first-order valence-corrected chi connectivity index (χ1v) is 15.2. The van der Waals surface area contributed by atoms with Crippen molar-refractivity contribution < 1.29 is 34.1 Å². The maximum atomic E-state index is 13.5.